The van der Waals surface area contributed by atoms with Crippen molar-refractivity contribution < 1.29 is 13.2 Å². The van der Waals surface area contributed by atoms with E-state index in [0.29, 0.717) is 28.7 Å². The summed E-state index contributed by atoms with van der Waals surface area (Å²) in [6.07, 6.45) is 2.86. The number of anilines is 2. The summed E-state index contributed by atoms with van der Waals surface area (Å²) in [7, 11) is -3.38. The maximum Gasteiger partial charge on any atom is 0.257 e. The van der Waals surface area contributed by atoms with Crippen LogP contribution in [0.2, 0.25) is 0 Å². The van der Waals surface area contributed by atoms with Gasteiger partial charge in [-0.1, -0.05) is 13.0 Å². The summed E-state index contributed by atoms with van der Waals surface area (Å²) >= 11 is 1.41. The smallest absolute Gasteiger partial charge is 0.257 e. The molecule has 1 heterocycles. The number of hydrogen-bond donors (Lipinski definition) is 2. The maximum atomic E-state index is 12.3. The lowest BCUT2D eigenvalue weighted by molar-refractivity contribution is 0.102. The van der Waals surface area contributed by atoms with Crippen molar-refractivity contribution in [2.24, 2.45) is 0 Å². The molecule has 1 aliphatic carbocycles. The van der Waals surface area contributed by atoms with Crippen molar-refractivity contribution in [3.05, 3.63) is 40.9 Å². The fraction of sp³-hybridized carbons (Fsp3) is 0.375. The number of amides is 1. The number of hydrogen-bond acceptors (Lipinski definition) is 5. The highest BCUT2D eigenvalue weighted by Gasteiger charge is 2.26. The van der Waals surface area contributed by atoms with Crippen LogP contribution in [0.25, 0.3) is 0 Å². The van der Waals surface area contributed by atoms with Gasteiger partial charge in [0.05, 0.1) is 11.4 Å². The number of thiazole rings is 1. The molecule has 0 unspecified atom stereocenters. The Labute approximate surface area is 145 Å². The Kier molecular flexibility index (Phi) is 4.86. The van der Waals surface area contributed by atoms with Crippen LogP contribution in [0.15, 0.2) is 29.6 Å². The van der Waals surface area contributed by atoms with Crippen molar-refractivity contribution in [3.63, 3.8) is 0 Å². The Hall–Kier alpha value is -1.93. The molecular weight excluding hydrogens is 346 g/mol. The Morgan fingerprint density at radius 3 is 2.88 bits per heavy atom. The van der Waals surface area contributed by atoms with E-state index in [1.807, 2.05) is 5.38 Å². The first-order valence-electron chi connectivity index (χ1n) is 7.84. The molecule has 0 saturated heterocycles. The van der Waals surface area contributed by atoms with E-state index in [1.165, 1.54) is 17.4 Å². The van der Waals surface area contributed by atoms with E-state index >= 15 is 0 Å². The van der Waals surface area contributed by atoms with Crippen molar-refractivity contribution >= 4 is 38.1 Å². The molecule has 1 fully saturated rings. The SMILES string of the molecule is CCCS(=O)(=O)Nc1cccc(C(=O)Nc2nc(C3CC3)cs2)c1. The average Bonchev–Trinajstić information content (AvgIpc) is 3.27. The third kappa shape index (κ3) is 4.33. The average molecular weight is 365 g/mol. The zero-order valence-electron chi connectivity index (χ0n) is 13.3. The highest BCUT2D eigenvalue weighted by Crippen LogP contribution is 2.40. The summed E-state index contributed by atoms with van der Waals surface area (Å²) in [5.74, 6) is 0.290. The molecule has 8 heteroatoms. The number of aromatic nitrogens is 1. The van der Waals surface area contributed by atoms with Gasteiger partial charge in [-0.15, -0.1) is 11.3 Å². The van der Waals surface area contributed by atoms with Gasteiger partial charge in [-0.3, -0.25) is 14.8 Å². The molecule has 2 N–H and O–H groups in total. The van der Waals surface area contributed by atoms with E-state index in [2.05, 4.69) is 15.0 Å². The minimum atomic E-state index is -3.38. The van der Waals surface area contributed by atoms with Crippen LogP contribution in [-0.4, -0.2) is 25.1 Å². The lowest BCUT2D eigenvalue weighted by Crippen LogP contribution is -2.17. The van der Waals surface area contributed by atoms with Gasteiger partial charge in [0, 0.05) is 22.5 Å². The van der Waals surface area contributed by atoms with Crippen LogP contribution in [0.3, 0.4) is 0 Å². The van der Waals surface area contributed by atoms with Crippen molar-refractivity contribution in [1.29, 1.82) is 0 Å². The number of rotatable bonds is 7. The second-order valence-electron chi connectivity index (χ2n) is 5.81. The molecule has 1 aromatic carbocycles. The van der Waals surface area contributed by atoms with Gasteiger partial charge in [0.25, 0.3) is 5.91 Å². The van der Waals surface area contributed by atoms with Crippen LogP contribution < -0.4 is 10.0 Å². The van der Waals surface area contributed by atoms with Crippen LogP contribution in [0.4, 0.5) is 10.8 Å². The molecule has 1 aliphatic rings. The van der Waals surface area contributed by atoms with Gasteiger partial charge >= 0.3 is 0 Å². The lowest BCUT2D eigenvalue weighted by atomic mass is 10.2. The molecule has 0 spiro atoms. The van der Waals surface area contributed by atoms with Gasteiger partial charge in [-0.2, -0.15) is 0 Å². The van der Waals surface area contributed by atoms with Crippen molar-refractivity contribution in [2.45, 2.75) is 32.1 Å². The lowest BCUT2D eigenvalue weighted by Gasteiger charge is -2.08. The predicted octanol–water partition coefficient (Wildman–Crippen LogP) is 3.42. The monoisotopic (exact) mass is 365 g/mol. The predicted molar refractivity (Wildman–Crippen MR) is 96.2 cm³/mol. The van der Waals surface area contributed by atoms with Crippen molar-refractivity contribution in [1.82, 2.24) is 4.98 Å². The second-order valence-corrected chi connectivity index (χ2v) is 8.51. The van der Waals surface area contributed by atoms with Crippen molar-refractivity contribution in [2.75, 3.05) is 15.8 Å². The van der Waals surface area contributed by atoms with Gasteiger partial charge in [-0.05, 0) is 37.5 Å². The molecular formula is C16H19N3O3S2. The van der Waals surface area contributed by atoms with Crippen LogP contribution >= 0.6 is 11.3 Å². The first-order valence-corrected chi connectivity index (χ1v) is 10.4. The summed E-state index contributed by atoms with van der Waals surface area (Å²) in [5.41, 5.74) is 1.81. The summed E-state index contributed by atoms with van der Waals surface area (Å²) in [6, 6.07) is 6.44. The third-order valence-electron chi connectivity index (χ3n) is 3.61. The zero-order valence-corrected chi connectivity index (χ0v) is 14.9. The Morgan fingerprint density at radius 2 is 2.17 bits per heavy atom. The van der Waals surface area contributed by atoms with Crippen LogP contribution in [0.1, 0.15) is 48.2 Å². The van der Waals surface area contributed by atoms with E-state index in [0.717, 1.165) is 18.5 Å². The second kappa shape index (κ2) is 6.90. The van der Waals surface area contributed by atoms with Gasteiger partial charge < -0.3 is 0 Å². The largest absolute Gasteiger partial charge is 0.298 e. The molecule has 0 atom stereocenters. The molecule has 1 aromatic heterocycles. The third-order valence-corrected chi connectivity index (χ3v) is 5.88. The van der Waals surface area contributed by atoms with E-state index in [9.17, 15) is 13.2 Å². The number of benzene rings is 1. The van der Waals surface area contributed by atoms with Gasteiger partial charge in [0.15, 0.2) is 5.13 Å². The molecule has 6 nitrogen and oxygen atoms in total. The van der Waals surface area contributed by atoms with Gasteiger partial charge in [0.2, 0.25) is 10.0 Å². The fourth-order valence-electron chi connectivity index (χ4n) is 2.30. The molecule has 0 aliphatic heterocycles. The topological polar surface area (TPSA) is 88.2 Å². The maximum absolute atomic E-state index is 12.3. The van der Waals surface area contributed by atoms with Crippen molar-refractivity contribution in [3.8, 4) is 0 Å². The molecule has 0 bridgehead atoms. The summed E-state index contributed by atoms with van der Waals surface area (Å²) in [4.78, 5) is 16.7. The van der Waals surface area contributed by atoms with E-state index in [4.69, 9.17) is 0 Å². The molecule has 1 amide bonds. The molecule has 1 saturated carbocycles. The minimum Gasteiger partial charge on any atom is -0.298 e. The Balaban J connectivity index is 1.69. The molecule has 24 heavy (non-hydrogen) atoms. The van der Waals surface area contributed by atoms with E-state index in [1.54, 1.807) is 25.1 Å². The van der Waals surface area contributed by atoms with E-state index < -0.39 is 10.0 Å². The number of nitrogens with one attached hydrogen (secondary N) is 2. The molecule has 2 aromatic rings. The Bertz CT molecular complexity index is 842. The quantitative estimate of drug-likeness (QED) is 0.787. The molecule has 0 radical (unpaired) electrons. The molecule has 128 valence electrons. The highest BCUT2D eigenvalue weighted by atomic mass is 32.2. The summed E-state index contributed by atoms with van der Waals surface area (Å²) in [6.45, 7) is 1.80. The molecule has 3 rings (SSSR count). The van der Waals surface area contributed by atoms with Crippen LogP contribution in [-0.2, 0) is 10.0 Å². The minimum absolute atomic E-state index is 0.0481. The highest BCUT2D eigenvalue weighted by molar-refractivity contribution is 7.92. The van der Waals surface area contributed by atoms with E-state index in [-0.39, 0.29) is 11.7 Å². The first kappa shape index (κ1) is 16.9. The number of carbonyl (C=O) groups excluding carboxylic acids is 1. The van der Waals surface area contributed by atoms with Crippen LogP contribution in [0, 0.1) is 0 Å². The van der Waals surface area contributed by atoms with Gasteiger partial charge in [0.1, 0.15) is 0 Å². The van der Waals surface area contributed by atoms with Gasteiger partial charge in [-0.25, -0.2) is 13.4 Å². The first-order chi connectivity index (χ1) is 11.5. The summed E-state index contributed by atoms with van der Waals surface area (Å²) in [5, 5.41) is 5.31. The van der Waals surface area contributed by atoms with Crippen LogP contribution in [0.5, 0.6) is 0 Å². The summed E-state index contributed by atoms with van der Waals surface area (Å²) < 4.78 is 26.1. The number of sulfonamides is 1. The Morgan fingerprint density at radius 1 is 1.38 bits per heavy atom. The standard InChI is InChI=1S/C16H19N3O3S2/c1-2-8-24(21,22)19-13-5-3-4-12(9-13)15(20)18-16-17-14(10-23-16)11-6-7-11/h3-5,9-11,19H,2,6-8H2,1H3,(H,17,18,20). The number of carbonyl (C=O) groups is 1. The fourth-order valence-corrected chi connectivity index (χ4v) is 4.22. The normalized spacial score (nSPS) is 14.4. The number of nitrogens with zero attached hydrogens (tertiary/aromatic N) is 1. The zero-order chi connectivity index (χ0) is 17.2.